The molecule has 0 saturated carbocycles. The summed E-state index contributed by atoms with van der Waals surface area (Å²) in [5.74, 6) is 2.97. The number of esters is 1. The number of nitrogens with two attached hydrogens (primary N) is 1. The Morgan fingerprint density at radius 1 is 1.34 bits per heavy atom. The zero-order chi connectivity index (χ0) is 29.9. The Balaban J connectivity index is 1.99. The van der Waals surface area contributed by atoms with Gasteiger partial charge in [-0.15, -0.1) is 5.92 Å². The Bertz CT molecular complexity index is 1380. The normalized spacial score (nSPS) is 26.3. The Kier molecular flexibility index (Phi) is 8.42. The first-order chi connectivity index (χ1) is 18.6. The van der Waals surface area contributed by atoms with Crippen LogP contribution < -0.4 is 15.9 Å². The van der Waals surface area contributed by atoms with Crippen LogP contribution in [0.2, 0.25) is 0 Å². The van der Waals surface area contributed by atoms with Crippen LogP contribution in [0.4, 0.5) is 5.82 Å². The monoisotopic (exact) mass is 551 g/mol. The molecule has 6 atom stereocenters. The number of anilines is 1. The maximum absolute atomic E-state index is 14.0. The van der Waals surface area contributed by atoms with Gasteiger partial charge in [0.05, 0.1) is 27.5 Å². The average Bonchev–Trinajstić information content (AvgIpc) is 3.10. The number of aliphatic hydroxyl groups is 2. The second-order valence-electron chi connectivity index (χ2n) is 8.89. The van der Waals surface area contributed by atoms with E-state index in [0.717, 1.165) is 10.8 Å². The van der Waals surface area contributed by atoms with Crippen LogP contribution in [0.1, 0.15) is 36.7 Å². The molecular weight excluding hydrogens is 517 g/mol. The summed E-state index contributed by atoms with van der Waals surface area (Å²) in [5, 5.41) is 22.3. The van der Waals surface area contributed by atoms with E-state index in [0.29, 0.717) is 0 Å². The molecule has 1 unspecified atom stereocenters. The molecule has 1 aromatic carbocycles. The van der Waals surface area contributed by atoms with Gasteiger partial charge in [-0.05, 0) is 39.0 Å². The number of carbonyl (C=O) groups is 1. The molecule has 3 rings (SSSR count). The summed E-state index contributed by atoms with van der Waals surface area (Å²) in [6.45, 7) is 2.92. The molecule has 2 heterocycles. The number of nitrogen functional groups attached to an aromatic ring is 1. The molecule has 0 spiro atoms. The van der Waals surface area contributed by atoms with Gasteiger partial charge in [0.2, 0.25) is 0 Å². The van der Waals surface area contributed by atoms with Gasteiger partial charge in [0.15, 0.2) is 11.8 Å². The summed E-state index contributed by atoms with van der Waals surface area (Å²) in [7, 11) is -4.54. The quantitative estimate of drug-likeness (QED) is 0.223. The van der Waals surface area contributed by atoms with E-state index >= 15 is 0 Å². The predicted octanol–water partition coefficient (Wildman–Crippen LogP) is 1.71. The van der Waals surface area contributed by atoms with Crippen LogP contribution in [0, 0.1) is 17.8 Å². The minimum absolute atomic E-state index is 0.0599. The molecule has 0 radical (unpaired) electrons. The number of aliphatic hydroxyl groups excluding tert-OH is 1. The molecule has 0 amide bonds. The highest BCUT2D eigenvalue weighted by atomic mass is 31.2. The van der Waals surface area contributed by atoms with Gasteiger partial charge in [0.25, 0.3) is 0 Å². The van der Waals surface area contributed by atoms with Crippen LogP contribution in [-0.2, 0) is 23.4 Å². The maximum atomic E-state index is 14.0. The molecule has 0 aliphatic carbocycles. The molecule has 206 valence electrons. The lowest BCUT2D eigenvalue weighted by Gasteiger charge is -2.26. The van der Waals surface area contributed by atoms with Gasteiger partial charge < -0.3 is 29.9 Å². The van der Waals surface area contributed by atoms with Gasteiger partial charge in [-0.2, -0.15) is 4.98 Å². The van der Waals surface area contributed by atoms with Gasteiger partial charge in [0.1, 0.15) is 23.8 Å². The largest absolute Gasteiger partial charge is 0.463 e. The highest BCUT2D eigenvalue weighted by Gasteiger charge is 2.56. The van der Waals surface area contributed by atoms with Crippen molar-refractivity contribution in [1.82, 2.24) is 9.55 Å². The third-order valence-corrected chi connectivity index (χ3v) is 7.23. The number of aromatic nitrogens is 2. The van der Waals surface area contributed by atoms with E-state index in [2.05, 4.69) is 16.8 Å². The summed E-state index contributed by atoms with van der Waals surface area (Å²) < 4.78 is 53.8. The second-order valence-corrected chi connectivity index (χ2v) is 10.8. The van der Waals surface area contributed by atoms with Crippen molar-refractivity contribution < 1.29 is 40.8 Å². The molecular formula is C25H32N3O9P. The summed E-state index contributed by atoms with van der Waals surface area (Å²) in [6.07, 6.45) is -5.84. The predicted molar refractivity (Wildman–Crippen MR) is 137 cm³/mol. The SMILES string of the molecule is [2H]C([2H])(O[P@@](=O)(C[C@@H](C)C(=O)OC(C)C)Oc1ccccc1)[C@H]1O[C@@H](n2ccc(N)nc2=O)C(O)(C#CC)[C@H]1O. The van der Waals surface area contributed by atoms with E-state index in [1.54, 1.807) is 32.0 Å². The zero-order valence-electron chi connectivity index (χ0n) is 23.3. The van der Waals surface area contributed by atoms with Crippen LogP contribution >= 0.6 is 7.60 Å². The molecule has 12 nitrogen and oxygen atoms in total. The number of carbonyl (C=O) groups excluding carboxylic acids is 1. The molecule has 13 heteroatoms. The van der Waals surface area contributed by atoms with Crippen LogP contribution in [0.3, 0.4) is 0 Å². The number of ether oxygens (including phenoxy) is 2. The smallest absolute Gasteiger partial charge is 0.380 e. The van der Waals surface area contributed by atoms with Gasteiger partial charge in [-0.1, -0.05) is 31.0 Å². The first-order valence-corrected chi connectivity index (χ1v) is 13.4. The van der Waals surface area contributed by atoms with Crippen molar-refractivity contribution in [2.24, 2.45) is 5.92 Å². The lowest BCUT2D eigenvalue weighted by Crippen LogP contribution is -2.47. The van der Waals surface area contributed by atoms with Crippen molar-refractivity contribution in [3.8, 4) is 17.6 Å². The molecule has 1 fully saturated rings. The van der Waals surface area contributed by atoms with Gasteiger partial charge in [-0.3, -0.25) is 13.9 Å². The van der Waals surface area contributed by atoms with Crippen molar-refractivity contribution >= 4 is 19.4 Å². The van der Waals surface area contributed by atoms with E-state index in [-0.39, 0.29) is 11.6 Å². The second kappa shape index (κ2) is 12.1. The number of para-hydroxylation sites is 1. The minimum atomic E-state index is -4.54. The van der Waals surface area contributed by atoms with Crippen LogP contribution in [0.15, 0.2) is 47.4 Å². The topological polar surface area (TPSA) is 172 Å². The summed E-state index contributed by atoms with van der Waals surface area (Å²) in [5.41, 5.74) is 2.05. The van der Waals surface area contributed by atoms with Crippen molar-refractivity contribution in [2.45, 2.75) is 57.8 Å². The summed E-state index contributed by atoms with van der Waals surface area (Å²) >= 11 is 0. The molecule has 1 aromatic heterocycles. The highest BCUT2D eigenvalue weighted by molar-refractivity contribution is 7.54. The lowest BCUT2D eigenvalue weighted by molar-refractivity contribution is -0.151. The molecule has 1 saturated heterocycles. The van der Waals surface area contributed by atoms with Gasteiger partial charge >= 0.3 is 19.3 Å². The average molecular weight is 552 g/mol. The van der Waals surface area contributed by atoms with Crippen molar-refractivity contribution in [2.75, 3.05) is 18.5 Å². The third-order valence-electron chi connectivity index (χ3n) is 5.37. The fourth-order valence-electron chi connectivity index (χ4n) is 3.63. The van der Waals surface area contributed by atoms with E-state index in [4.69, 9.17) is 27.0 Å². The standard InChI is InChI=1S/C25H32N3O9P/c1-5-12-25(32)21(29)19(36-23(25)28-13-11-20(26)27-24(28)31)14-34-38(33,37-18-9-7-6-8-10-18)15-17(4)22(30)35-16(2)3/h6-11,13,16-17,19,21,23,29,32H,14-15H2,1-4H3,(H2,26,27,31)/t17-,19-,21+,23-,25?,38+/m1/s1/i14D2. The first kappa shape index (κ1) is 26.4. The number of hydrogen-bond donors (Lipinski definition) is 3. The lowest BCUT2D eigenvalue weighted by atomic mass is 9.94. The Labute approximate surface area is 223 Å². The van der Waals surface area contributed by atoms with Crippen molar-refractivity contribution in [3.05, 3.63) is 53.1 Å². The van der Waals surface area contributed by atoms with Crippen LogP contribution in [-0.4, -0.2) is 62.4 Å². The minimum Gasteiger partial charge on any atom is -0.463 e. The Morgan fingerprint density at radius 3 is 2.63 bits per heavy atom. The molecule has 2 aromatic rings. The molecule has 1 aliphatic rings. The van der Waals surface area contributed by atoms with E-state index in [1.807, 2.05) is 0 Å². The molecule has 38 heavy (non-hydrogen) atoms. The summed E-state index contributed by atoms with van der Waals surface area (Å²) in [6, 6.07) is 8.98. The highest BCUT2D eigenvalue weighted by Crippen LogP contribution is 2.51. The maximum Gasteiger partial charge on any atom is 0.380 e. The van der Waals surface area contributed by atoms with E-state index in [1.165, 1.54) is 32.0 Å². The fraction of sp³-hybridized carbons (Fsp3) is 0.480. The van der Waals surface area contributed by atoms with Crippen LogP contribution in [0.25, 0.3) is 0 Å². The number of nitrogens with zero attached hydrogens (tertiary/aromatic N) is 2. The van der Waals surface area contributed by atoms with Crippen molar-refractivity contribution in [3.63, 3.8) is 0 Å². The molecule has 4 N–H and O–H groups in total. The Morgan fingerprint density at radius 2 is 2.03 bits per heavy atom. The molecule has 1 aliphatic heterocycles. The van der Waals surface area contributed by atoms with Gasteiger partial charge in [-0.25, -0.2) is 9.36 Å². The van der Waals surface area contributed by atoms with E-state index in [9.17, 15) is 24.4 Å². The summed E-state index contributed by atoms with van der Waals surface area (Å²) in [4.78, 5) is 28.5. The fourth-order valence-corrected chi connectivity index (χ4v) is 5.34. The number of benzene rings is 1. The van der Waals surface area contributed by atoms with Crippen molar-refractivity contribution in [1.29, 1.82) is 0 Å². The van der Waals surface area contributed by atoms with Crippen LogP contribution in [0.5, 0.6) is 5.75 Å². The van der Waals surface area contributed by atoms with E-state index < -0.39 is 68.0 Å². The first-order valence-electron chi connectivity index (χ1n) is 12.7. The molecule has 0 bridgehead atoms. The zero-order valence-corrected chi connectivity index (χ0v) is 22.2. The Hall–Kier alpha value is -3.20. The van der Waals surface area contributed by atoms with Gasteiger partial charge in [0, 0.05) is 6.20 Å². The number of hydrogen-bond acceptors (Lipinski definition) is 11. The third kappa shape index (κ3) is 6.81. The number of rotatable bonds is 10.